The minimum absolute atomic E-state index is 0.129. The van der Waals surface area contributed by atoms with Crippen molar-refractivity contribution in [2.75, 3.05) is 5.32 Å². The topological polar surface area (TPSA) is 140 Å². The number of hydrogen-bond acceptors (Lipinski definition) is 6. The maximum atomic E-state index is 14.0. The van der Waals surface area contributed by atoms with Crippen LogP contribution in [0, 0.1) is 11.6 Å². The van der Waals surface area contributed by atoms with E-state index in [0.717, 1.165) is 6.07 Å². The number of tetrazole rings is 1. The van der Waals surface area contributed by atoms with Gasteiger partial charge >= 0.3 is 0 Å². The highest BCUT2D eigenvalue weighted by Crippen LogP contribution is 2.33. The molecule has 0 atom stereocenters. The molecular formula is C17H10F2N6O3. The van der Waals surface area contributed by atoms with Crippen molar-refractivity contribution in [1.82, 2.24) is 20.6 Å². The van der Waals surface area contributed by atoms with E-state index in [9.17, 15) is 18.4 Å². The number of rotatable bonds is 4. The molecule has 4 rings (SSSR count). The molecule has 2 aromatic carbocycles. The van der Waals surface area contributed by atoms with E-state index in [1.54, 1.807) is 12.1 Å². The molecule has 0 aliphatic heterocycles. The fourth-order valence-corrected chi connectivity index (χ4v) is 2.70. The van der Waals surface area contributed by atoms with Crippen LogP contribution in [-0.4, -0.2) is 32.4 Å². The number of carbonyl (C=O) groups is 2. The Morgan fingerprint density at radius 2 is 2.00 bits per heavy atom. The van der Waals surface area contributed by atoms with Gasteiger partial charge in [-0.15, -0.1) is 5.10 Å². The third-order valence-electron chi connectivity index (χ3n) is 3.91. The molecule has 0 spiro atoms. The first kappa shape index (κ1) is 17.3. The van der Waals surface area contributed by atoms with Crippen molar-refractivity contribution in [3.63, 3.8) is 0 Å². The predicted molar refractivity (Wildman–Crippen MR) is 92.2 cm³/mol. The Morgan fingerprint density at radius 1 is 1.18 bits per heavy atom. The second kappa shape index (κ2) is 6.54. The number of aromatic amines is 1. The smallest absolute Gasteiger partial charge is 0.286 e. The summed E-state index contributed by atoms with van der Waals surface area (Å²) in [7, 11) is 0. The van der Waals surface area contributed by atoms with Gasteiger partial charge in [-0.25, -0.2) is 13.9 Å². The SMILES string of the molecule is NC(=O)c1oc2c(F)cc(F)cc2c1NC(=O)c1cccc(-c2nnn[nH]2)c1. The van der Waals surface area contributed by atoms with Crippen LogP contribution in [0.2, 0.25) is 0 Å². The number of anilines is 1. The second-order valence-electron chi connectivity index (χ2n) is 5.72. The van der Waals surface area contributed by atoms with Gasteiger partial charge < -0.3 is 15.5 Å². The van der Waals surface area contributed by atoms with Crippen LogP contribution in [0.3, 0.4) is 0 Å². The number of nitrogens with two attached hydrogens (primary N) is 1. The van der Waals surface area contributed by atoms with Gasteiger partial charge in [-0.1, -0.05) is 12.1 Å². The summed E-state index contributed by atoms with van der Waals surface area (Å²) >= 11 is 0. The minimum atomic E-state index is -1.05. The number of aromatic nitrogens is 4. The van der Waals surface area contributed by atoms with Crippen LogP contribution >= 0.6 is 0 Å². The van der Waals surface area contributed by atoms with E-state index in [-0.39, 0.29) is 16.6 Å². The van der Waals surface area contributed by atoms with Gasteiger partial charge in [0.25, 0.3) is 11.8 Å². The number of nitrogens with one attached hydrogen (secondary N) is 2. The lowest BCUT2D eigenvalue weighted by Crippen LogP contribution is -2.17. The number of furan rings is 1. The predicted octanol–water partition coefficient (Wildman–Crippen LogP) is 2.24. The summed E-state index contributed by atoms with van der Waals surface area (Å²) in [6.45, 7) is 0. The first-order valence-electron chi connectivity index (χ1n) is 7.81. The number of amides is 2. The molecule has 4 N–H and O–H groups in total. The Hall–Kier alpha value is -4.15. The lowest BCUT2D eigenvalue weighted by Gasteiger charge is -2.06. The molecule has 0 unspecified atom stereocenters. The maximum Gasteiger partial charge on any atom is 0.286 e. The van der Waals surface area contributed by atoms with Crippen LogP contribution in [0.4, 0.5) is 14.5 Å². The lowest BCUT2D eigenvalue weighted by molar-refractivity contribution is 0.0977. The molecule has 28 heavy (non-hydrogen) atoms. The first-order chi connectivity index (χ1) is 13.4. The van der Waals surface area contributed by atoms with Gasteiger partial charge in [0.1, 0.15) is 11.5 Å². The average molecular weight is 384 g/mol. The van der Waals surface area contributed by atoms with Crippen LogP contribution in [0.5, 0.6) is 0 Å². The molecule has 0 saturated heterocycles. The number of hydrogen-bond donors (Lipinski definition) is 3. The van der Waals surface area contributed by atoms with Crippen molar-refractivity contribution in [2.45, 2.75) is 0 Å². The molecule has 9 nitrogen and oxygen atoms in total. The fraction of sp³-hybridized carbons (Fsp3) is 0. The van der Waals surface area contributed by atoms with E-state index in [4.69, 9.17) is 10.2 Å². The molecule has 0 aliphatic carbocycles. The van der Waals surface area contributed by atoms with Crippen LogP contribution in [0.25, 0.3) is 22.4 Å². The highest BCUT2D eigenvalue weighted by molar-refractivity contribution is 6.14. The zero-order chi connectivity index (χ0) is 19.8. The third-order valence-corrected chi connectivity index (χ3v) is 3.91. The molecule has 11 heteroatoms. The maximum absolute atomic E-state index is 14.0. The van der Waals surface area contributed by atoms with E-state index in [1.165, 1.54) is 12.1 Å². The number of nitrogens with zero attached hydrogens (tertiary/aromatic N) is 3. The Bertz CT molecular complexity index is 1220. The van der Waals surface area contributed by atoms with Crippen molar-refractivity contribution in [3.05, 3.63) is 59.4 Å². The molecule has 0 saturated carbocycles. The number of H-pyrrole nitrogens is 1. The number of halogens is 2. The molecule has 0 bridgehead atoms. The fourth-order valence-electron chi connectivity index (χ4n) is 2.70. The summed E-state index contributed by atoms with van der Waals surface area (Å²) in [4.78, 5) is 24.3. The summed E-state index contributed by atoms with van der Waals surface area (Å²) < 4.78 is 32.7. The Kier molecular flexibility index (Phi) is 4.03. The molecule has 2 heterocycles. The monoisotopic (exact) mass is 384 g/mol. The van der Waals surface area contributed by atoms with E-state index < -0.39 is 34.8 Å². The Labute approximate surface area is 154 Å². The number of primary amides is 1. The second-order valence-corrected chi connectivity index (χ2v) is 5.72. The molecule has 0 radical (unpaired) electrons. The standard InChI is InChI=1S/C17H10F2N6O3/c18-9-5-10-12(14(15(20)26)28-13(10)11(19)6-9)21-17(27)8-3-1-2-7(4-8)16-22-24-25-23-16/h1-6H,(H2,20,26)(H,21,27)(H,22,23,24,25). The quantitative estimate of drug-likeness (QED) is 0.493. The molecule has 2 amide bonds. The molecule has 4 aromatic rings. The van der Waals surface area contributed by atoms with Crippen molar-refractivity contribution in [1.29, 1.82) is 0 Å². The van der Waals surface area contributed by atoms with Gasteiger partial charge in [-0.3, -0.25) is 9.59 Å². The summed E-state index contributed by atoms with van der Waals surface area (Å²) in [5.41, 5.74) is 5.33. The summed E-state index contributed by atoms with van der Waals surface area (Å²) in [6, 6.07) is 7.78. The lowest BCUT2D eigenvalue weighted by atomic mass is 10.1. The van der Waals surface area contributed by atoms with E-state index in [0.29, 0.717) is 17.5 Å². The summed E-state index contributed by atoms with van der Waals surface area (Å²) in [5, 5.41) is 15.5. The number of fused-ring (bicyclic) bond motifs is 1. The van der Waals surface area contributed by atoms with Crippen LogP contribution in [0.15, 0.2) is 40.8 Å². The average Bonchev–Trinajstić information content (AvgIpc) is 3.31. The summed E-state index contributed by atoms with van der Waals surface area (Å²) in [5.74, 6) is -3.80. The summed E-state index contributed by atoms with van der Waals surface area (Å²) in [6.07, 6.45) is 0. The van der Waals surface area contributed by atoms with Crippen molar-refractivity contribution in [3.8, 4) is 11.4 Å². The van der Waals surface area contributed by atoms with Gasteiger partial charge in [0.2, 0.25) is 5.76 Å². The highest BCUT2D eigenvalue weighted by atomic mass is 19.1. The van der Waals surface area contributed by atoms with Gasteiger partial charge in [0, 0.05) is 17.2 Å². The molecule has 2 aromatic heterocycles. The van der Waals surface area contributed by atoms with Crippen LogP contribution in [-0.2, 0) is 0 Å². The molecular weight excluding hydrogens is 374 g/mol. The number of carbonyl (C=O) groups excluding carboxylic acids is 2. The molecule has 0 fully saturated rings. The largest absolute Gasteiger partial charge is 0.446 e. The number of benzene rings is 2. The van der Waals surface area contributed by atoms with Crippen LogP contribution < -0.4 is 11.1 Å². The van der Waals surface area contributed by atoms with Crippen molar-refractivity contribution in [2.24, 2.45) is 5.73 Å². The van der Waals surface area contributed by atoms with E-state index in [1.807, 2.05) is 0 Å². The first-order valence-corrected chi connectivity index (χ1v) is 7.81. The zero-order valence-electron chi connectivity index (χ0n) is 13.9. The van der Waals surface area contributed by atoms with Crippen LogP contribution in [0.1, 0.15) is 20.9 Å². The van der Waals surface area contributed by atoms with Crippen molar-refractivity contribution < 1.29 is 22.8 Å². The molecule has 0 aliphatic rings. The third kappa shape index (κ3) is 2.94. The van der Waals surface area contributed by atoms with E-state index >= 15 is 0 Å². The van der Waals surface area contributed by atoms with E-state index in [2.05, 4.69) is 25.9 Å². The van der Waals surface area contributed by atoms with Gasteiger partial charge in [-0.05, 0) is 28.6 Å². The van der Waals surface area contributed by atoms with Crippen molar-refractivity contribution >= 4 is 28.5 Å². The minimum Gasteiger partial charge on any atom is -0.446 e. The highest BCUT2D eigenvalue weighted by Gasteiger charge is 2.24. The van der Waals surface area contributed by atoms with Gasteiger partial charge in [0.05, 0.1) is 5.39 Å². The van der Waals surface area contributed by atoms with Gasteiger partial charge in [-0.2, -0.15) is 0 Å². The Morgan fingerprint density at radius 3 is 2.71 bits per heavy atom. The normalized spacial score (nSPS) is 10.9. The zero-order valence-corrected chi connectivity index (χ0v) is 13.9. The van der Waals surface area contributed by atoms with Gasteiger partial charge in [0.15, 0.2) is 17.2 Å². The Balaban J connectivity index is 1.76. The molecule has 140 valence electrons.